The molecule has 0 unspecified atom stereocenters. The topological polar surface area (TPSA) is 37.4 Å². The van der Waals surface area contributed by atoms with E-state index >= 15 is 0 Å². The Bertz CT molecular complexity index is 509. The first-order valence-corrected chi connectivity index (χ1v) is 6.89. The van der Waals surface area contributed by atoms with Gasteiger partial charge < -0.3 is 0 Å². The molecular weight excluding hydrogens is 234 g/mol. The van der Waals surface area contributed by atoms with Gasteiger partial charge in [-0.15, -0.1) is 6.58 Å². The fraction of sp³-hybridized carbons (Fsp3) is 0.385. The highest BCUT2D eigenvalue weighted by Gasteiger charge is 2.23. The quantitative estimate of drug-likeness (QED) is 0.773. The van der Waals surface area contributed by atoms with Crippen molar-refractivity contribution in [2.75, 3.05) is 13.6 Å². The van der Waals surface area contributed by atoms with E-state index in [0.717, 1.165) is 16.7 Å². The zero-order valence-electron chi connectivity index (χ0n) is 10.8. The molecule has 0 fully saturated rings. The molecule has 94 valence electrons. The molecular formula is C13H19NO2S. The van der Waals surface area contributed by atoms with E-state index in [1.165, 1.54) is 4.31 Å². The molecule has 17 heavy (non-hydrogen) atoms. The van der Waals surface area contributed by atoms with Crippen LogP contribution < -0.4 is 0 Å². The molecule has 0 radical (unpaired) electrons. The van der Waals surface area contributed by atoms with Crippen molar-refractivity contribution in [1.29, 1.82) is 0 Å². The average molecular weight is 253 g/mol. The van der Waals surface area contributed by atoms with E-state index in [4.69, 9.17) is 0 Å². The maximum Gasteiger partial charge on any atom is 0.243 e. The van der Waals surface area contributed by atoms with Gasteiger partial charge >= 0.3 is 0 Å². The summed E-state index contributed by atoms with van der Waals surface area (Å²) in [4.78, 5) is 0.410. The van der Waals surface area contributed by atoms with Crippen molar-refractivity contribution in [1.82, 2.24) is 4.31 Å². The number of benzene rings is 1. The van der Waals surface area contributed by atoms with Gasteiger partial charge in [-0.3, -0.25) is 0 Å². The molecule has 1 rings (SSSR count). The number of hydrogen-bond donors (Lipinski definition) is 0. The summed E-state index contributed by atoms with van der Waals surface area (Å²) in [5.74, 6) is 0. The van der Waals surface area contributed by atoms with Crippen molar-refractivity contribution in [3.8, 4) is 0 Å². The second kappa shape index (κ2) is 5.02. The minimum atomic E-state index is -3.42. The highest BCUT2D eigenvalue weighted by Crippen LogP contribution is 2.24. The van der Waals surface area contributed by atoms with Crippen molar-refractivity contribution in [2.24, 2.45) is 0 Å². The zero-order valence-corrected chi connectivity index (χ0v) is 11.6. The SMILES string of the molecule is C=CCN(C)S(=O)(=O)c1c(C)cc(C)cc1C. The van der Waals surface area contributed by atoms with Crippen LogP contribution in [-0.2, 0) is 10.0 Å². The van der Waals surface area contributed by atoms with E-state index in [1.54, 1.807) is 13.1 Å². The maximum absolute atomic E-state index is 12.4. The van der Waals surface area contributed by atoms with Crippen molar-refractivity contribution in [3.05, 3.63) is 41.5 Å². The second-order valence-electron chi connectivity index (χ2n) is 4.30. The lowest BCUT2D eigenvalue weighted by atomic mass is 10.1. The normalized spacial score (nSPS) is 11.8. The van der Waals surface area contributed by atoms with Crippen molar-refractivity contribution in [2.45, 2.75) is 25.7 Å². The van der Waals surface area contributed by atoms with E-state index in [-0.39, 0.29) is 0 Å². The zero-order chi connectivity index (χ0) is 13.2. The molecule has 0 amide bonds. The third-order valence-corrected chi connectivity index (χ3v) is 4.79. The summed E-state index contributed by atoms with van der Waals surface area (Å²) in [5.41, 5.74) is 2.65. The Morgan fingerprint density at radius 2 is 1.71 bits per heavy atom. The van der Waals surface area contributed by atoms with Gasteiger partial charge in [-0.2, -0.15) is 4.31 Å². The number of likely N-dealkylation sites (N-methyl/N-ethyl adjacent to an activating group) is 1. The summed E-state index contributed by atoms with van der Waals surface area (Å²) < 4.78 is 26.0. The molecule has 4 heteroatoms. The smallest absolute Gasteiger partial charge is 0.207 e. The molecule has 0 N–H and O–H groups in total. The first-order valence-electron chi connectivity index (χ1n) is 5.45. The van der Waals surface area contributed by atoms with Crippen LogP contribution in [-0.4, -0.2) is 26.3 Å². The van der Waals surface area contributed by atoms with Crippen LogP contribution in [0.15, 0.2) is 29.7 Å². The molecule has 0 saturated heterocycles. The average Bonchev–Trinajstić information content (AvgIpc) is 2.15. The Kier molecular flexibility index (Phi) is 4.11. The summed E-state index contributed by atoms with van der Waals surface area (Å²) in [6.07, 6.45) is 1.58. The summed E-state index contributed by atoms with van der Waals surface area (Å²) in [6.45, 7) is 9.49. The fourth-order valence-electron chi connectivity index (χ4n) is 2.01. The minimum absolute atomic E-state index is 0.315. The van der Waals surface area contributed by atoms with E-state index < -0.39 is 10.0 Å². The number of hydrogen-bond acceptors (Lipinski definition) is 2. The van der Waals surface area contributed by atoms with Crippen LogP contribution in [0.5, 0.6) is 0 Å². The largest absolute Gasteiger partial charge is 0.243 e. The van der Waals surface area contributed by atoms with Gasteiger partial charge in [0.2, 0.25) is 10.0 Å². The molecule has 0 heterocycles. The Hall–Kier alpha value is -1.13. The predicted octanol–water partition coefficient (Wildman–Crippen LogP) is 2.42. The van der Waals surface area contributed by atoms with Gasteiger partial charge in [0.15, 0.2) is 0 Å². The number of rotatable bonds is 4. The summed E-state index contributed by atoms with van der Waals surface area (Å²) >= 11 is 0. The van der Waals surface area contributed by atoms with Crippen molar-refractivity contribution in [3.63, 3.8) is 0 Å². The lowest BCUT2D eigenvalue weighted by Crippen LogP contribution is -2.28. The molecule has 0 bridgehead atoms. The van der Waals surface area contributed by atoms with Crippen LogP contribution in [0.4, 0.5) is 0 Å². The summed E-state index contributed by atoms with van der Waals surface area (Å²) in [6, 6.07) is 3.78. The lowest BCUT2D eigenvalue weighted by molar-refractivity contribution is 0.498. The van der Waals surface area contributed by atoms with Crippen LogP contribution in [0.3, 0.4) is 0 Å². The minimum Gasteiger partial charge on any atom is -0.207 e. The van der Waals surface area contributed by atoms with Gasteiger partial charge in [0, 0.05) is 13.6 Å². The molecule has 0 aliphatic carbocycles. The highest BCUT2D eigenvalue weighted by atomic mass is 32.2. The number of nitrogens with zero attached hydrogens (tertiary/aromatic N) is 1. The lowest BCUT2D eigenvalue weighted by Gasteiger charge is -2.19. The van der Waals surface area contributed by atoms with Crippen LogP contribution in [0, 0.1) is 20.8 Å². The van der Waals surface area contributed by atoms with Gasteiger partial charge in [-0.1, -0.05) is 23.8 Å². The van der Waals surface area contributed by atoms with Crippen molar-refractivity contribution < 1.29 is 8.42 Å². The first-order chi connectivity index (χ1) is 7.80. The molecule has 1 aromatic rings. The van der Waals surface area contributed by atoms with E-state index in [1.807, 2.05) is 32.9 Å². The first kappa shape index (κ1) is 13.9. The molecule has 0 aliphatic heterocycles. The van der Waals surface area contributed by atoms with Gasteiger partial charge in [-0.25, -0.2) is 8.42 Å². The van der Waals surface area contributed by atoms with E-state index in [2.05, 4.69) is 6.58 Å². The summed E-state index contributed by atoms with van der Waals surface area (Å²) in [5, 5.41) is 0. The Morgan fingerprint density at radius 3 is 2.12 bits per heavy atom. The van der Waals surface area contributed by atoms with Gasteiger partial charge in [0.05, 0.1) is 4.90 Å². The monoisotopic (exact) mass is 253 g/mol. The van der Waals surface area contributed by atoms with E-state index in [0.29, 0.717) is 11.4 Å². The number of sulfonamides is 1. The van der Waals surface area contributed by atoms with Crippen LogP contribution in [0.25, 0.3) is 0 Å². The van der Waals surface area contributed by atoms with E-state index in [9.17, 15) is 8.42 Å². The van der Waals surface area contributed by atoms with Gasteiger partial charge in [0.25, 0.3) is 0 Å². The highest BCUT2D eigenvalue weighted by molar-refractivity contribution is 7.89. The van der Waals surface area contributed by atoms with Gasteiger partial charge in [0.1, 0.15) is 0 Å². The molecule has 3 nitrogen and oxygen atoms in total. The van der Waals surface area contributed by atoms with Crippen molar-refractivity contribution >= 4 is 10.0 Å². The molecule has 0 aromatic heterocycles. The third kappa shape index (κ3) is 2.76. The second-order valence-corrected chi connectivity index (χ2v) is 6.28. The maximum atomic E-state index is 12.4. The Balaban J connectivity index is 3.39. The van der Waals surface area contributed by atoms with Crippen LogP contribution >= 0.6 is 0 Å². The van der Waals surface area contributed by atoms with Crippen LogP contribution in [0.2, 0.25) is 0 Å². The Morgan fingerprint density at radius 1 is 1.24 bits per heavy atom. The molecule has 0 atom stereocenters. The third-order valence-electron chi connectivity index (χ3n) is 2.66. The standard InChI is InChI=1S/C13H19NO2S/c1-6-7-14(5)17(15,16)13-11(3)8-10(2)9-12(13)4/h6,8-9H,1,7H2,2-5H3. The predicted molar refractivity (Wildman–Crippen MR) is 70.7 cm³/mol. The molecule has 0 spiro atoms. The molecule has 0 saturated carbocycles. The van der Waals surface area contributed by atoms with Gasteiger partial charge in [-0.05, 0) is 31.9 Å². The molecule has 0 aliphatic rings. The Labute approximate surface area is 104 Å². The summed E-state index contributed by atoms with van der Waals surface area (Å²) in [7, 11) is -1.85. The molecule has 1 aromatic carbocycles. The van der Waals surface area contributed by atoms with Crippen LogP contribution in [0.1, 0.15) is 16.7 Å². The number of aryl methyl sites for hydroxylation is 3. The fourth-order valence-corrected chi connectivity index (χ4v) is 3.55.